The fourth-order valence-corrected chi connectivity index (χ4v) is 5.82. The molecule has 0 radical (unpaired) electrons. The molecule has 0 aliphatic carbocycles. The Morgan fingerprint density at radius 3 is 1.45 bits per heavy atom. The minimum absolute atomic E-state index is 0.743. The van der Waals surface area contributed by atoms with Crippen LogP contribution in [0.5, 0.6) is 0 Å². The predicted molar refractivity (Wildman–Crippen MR) is 107 cm³/mol. The number of hydrogen-bond donors (Lipinski definition) is 2. The van der Waals surface area contributed by atoms with Gasteiger partial charge in [0.2, 0.25) is 0 Å². The van der Waals surface area contributed by atoms with E-state index in [1.165, 1.54) is 22.0 Å². The maximum absolute atomic E-state index is 5.30. The van der Waals surface area contributed by atoms with Gasteiger partial charge in [0, 0.05) is 48.1 Å². The Balaban J connectivity index is 1.48. The third-order valence-corrected chi connectivity index (χ3v) is 7.01. The summed E-state index contributed by atoms with van der Waals surface area (Å²) in [5.74, 6) is 0. The molecule has 0 bridgehead atoms. The van der Waals surface area contributed by atoms with E-state index >= 15 is 0 Å². The maximum Gasteiger partial charge on any atom is 0.159 e. The van der Waals surface area contributed by atoms with Gasteiger partial charge in [0.25, 0.3) is 0 Å². The van der Waals surface area contributed by atoms with Crippen molar-refractivity contribution >= 4 is 78.9 Å². The van der Waals surface area contributed by atoms with E-state index in [9.17, 15) is 0 Å². The first-order chi connectivity index (χ1) is 10.7. The van der Waals surface area contributed by atoms with Crippen LogP contribution in [0.4, 0.5) is 0 Å². The van der Waals surface area contributed by atoms with Gasteiger partial charge in [0.15, 0.2) is 8.64 Å². The molecule has 2 rings (SSSR count). The molecular formula is C10H18N4O2S6. The molecule has 0 amide bonds. The summed E-state index contributed by atoms with van der Waals surface area (Å²) in [6.45, 7) is 6.70. The van der Waals surface area contributed by atoms with Crippen LogP contribution in [0.3, 0.4) is 0 Å². The topological polar surface area (TPSA) is 49.0 Å². The first-order valence-electron chi connectivity index (χ1n) is 6.68. The lowest BCUT2D eigenvalue weighted by Crippen LogP contribution is -2.33. The van der Waals surface area contributed by atoms with E-state index in [1.54, 1.807) is 23.9 Å². The van der Waals surface area contributed by atoms with Crippen molar-refractivity contribution < 1.29 is 9.47 Å². The summed E-state index contributed by atoms with van der Waals surface area (Å²) >= 11 is 13.7. The summed E-state index contributed by atoms with van der Waals surface area (Å²) in [7, 11) is 2.86. The zero-order valence-electron chi connectivity index (χ0n) is 11.8. The second-order valence-electron chi connectivity index (χ2n) is 4.21. The molecule has 22 heavy (non-hydrogen) atoms. The molecular weight excluding hydrogens is 401 g/mol. The van der Waals surface area contributed by atoms with Crippen molar-refractivity contribution in [2.45, 2.75) is 0 Å². The lowest BCUT2D eigenvalue weighted by molar-refractivity contribution is 0.0777. The van der Waals surface area contributed by atoms with Crippen molar-refractivity contribution in [3.8, 4) is 0 Å². The van der Waals surface area contributed by atoms with Crippen molar-refractivity contribution in [2.75, 3.05) is 52.6 Å². The molecule has 2 aliphatic heterocycles. The Kier molecular flexibility index (Phi) is 10.2. The largest absolute Gasteiger partial charge is 0.379 e. The van der Waals surface area contributed by atoms with E-state index in [4.69, 9.17) is 33.9 Å². The lowest BCUT2D eigenvalue weighted by atomic mass is 10.5. The lowest BCUT2D eigenvalue weighted by Gasteiger charge is -2.25. The molecule has 2 N–H and O–H groups in total. The van der Waals surface area contributed by atoms with Crippen molar-refractivity contribution in [1.82, 2.24) is 18.1 Å². The molecule has 12 heteroatoms. The van der Waals surface area contributed by atoms with Gasteiger partial charge in [0.05, 0.1) is 26.4 Å². The third-order valence-electron chi connectivity index (χ3n) is 2.66. The second kappa shape index (κ2) is 11.6. The zero-order chi connectivity index (χ0) is 15.6. The molecule has 6 nitrogen and oxygen atoms in total. The smallest absolute Gasteiger partial charge is 0.159 e. The first kappa shape index (κ1) is 19.3. The fraction of sp³-hybridized carbons (Fsp3) is 0.800. The van der Waals surface area contributed by atoms with Gasteiger partial charge >= 0.3 is 0 Å². The monoisotopic (exact) mass is 418 g/mol. The van der Waals surface area contributed by atoms with Crippen LogP contribution in [-0.4, -0.2) is 69.9 Å². The summed E-state index contributed by atoms with van der Waals surface area (Å²) in [5.41, 5.74) is 0. The van der Waals surface area contributed by atoms with Gasteiger partial charge in [-0.3, -0.25) is 0 Å². The molecule has 2 fully saturated rings. The van der Waals surface area contributed by atoms with Gasteiger partial charge < -0.3 is 18.9 Å². The summed E-state index contributed by atoms with van der Waals surface area (Å²) in [5, 5.41) is 0. The van der Waals surface area contributed by atoms with Crippen molar-refractivity contribution in [3.63, 3.8) is 0 Å². The maximum atomic E-state index is 5.30. The zero-order valence-corrected chi connectivity index (χ0v) is 16.7. The number of ether oxygens (including phenoxy) is 2. The average Bonchev–Trinajstić information content (AvgIpc) is 2.53. The number of morpholine rings is 2. The second-order valence-corrected chi connectivity index (χ2v) is 9.50. The highest BCUT2D eigenvalue weighted by molar-refractivity contribution is 8.75. The third kappa shape index (κ3) is 8.22. The van der Waals surface area contributed by atoms with E-state index in [0.29, 0.717) is 0 Å². The SMILES string of the molecule is S=C(NSSNC(=S)SN1CCOCC1)SN1CCOCC1. The van der Waals surface area contributed by atoms with Crippen LogP contribution >= 0.6 is 70.3 Å². The Hall–Kier alpha value is 1.02. The molecule has 2 aliphatic rings. The highest BCUT2D eigenvalue weighted by atomic mass is 33.1. The number of nitrogens with zero attached hydrogens (tertiary/aromatic N) is 2. The Labute approximate surface area is 158 Å². The van der Waals surface area contributed by atoms with Gasteiger partial charge in [-0.05, 0) is 23.9 Å². The summed E-state index contributed by atoms with van der Waals surface area (Å²) in [6.07, 6.45) is 0. The average molecular weight is 419 g/mol. The van der Waals surface area contributed by atoms with Crippen LogP contribution in [0.1, 0.15) is 0 Å². The highest BCUT2D eigenvalue weighted by Crippen LogP contribution is 2.21. The number of rotatable bonds is 5. The van der Waals surface area contributed by atoms with E-state index in [0.717, 1.165) is 61.2 Å². The number of hydrogen-bond acceptors (Lipinski definition) is 10. The van der Waals surface area contributed by atoms with Gasteiger partial charge in [-0.1, -0.05) is 24.4 Å². The van der Waals surface area contributed by atoms with Crippen LogP contribution in [-0.2, 0) is 9.47 Å². The first-order valence-corrected chi connectivity index (χ1v) is 11.2. The number of nitrogens with one attached hydrogen (secondary N) is 2. The van der Waals surface area contributed by atoms with Gasteiger partial charge in [-0.2, -0.15) is 0 Å². The van der Waals surface area contributed by atoms with Crippen LogP contribution in [0.25, 0.3) is 0 Å². The molecule has 126 valence electrons. The normalized spacial score (nSPS) is 20.5. The van der Waals surface area contributed by atoms with Crippen LogP contribution in [0.2, 0.25) is 0 Å². The molecule has 0 saturated carbocycles. The molecule has 2 heterocycles. The van der Waals surface area contributed by atoms with E-state index in [-0.39, 0.29) is 0 Å². The predicted octanol–water partition coefficient (Wildman–Crippen LogP) is 1.91. The summed E-state index contributed by atoms with van der Waals surface area (Å²) in [4.78, 5) is 0. The van der Waals surface area contributed by atoms with Gasteiger partial charge in [-0.15, -0.1) is 0 Å². The molecule has 0 unspecified atom stereocenters. The van der Waals surface area contributed by atoms with E-state index in [2.05, 4.69) is 18.1 Å². The Morgan fingerprint density at radius 2 is 1.09 bits per heavy atom. The Morgan fingerprint density at radius 1 is 0.727 bits per heavy atom. The van der Waals surface area contributed by atoms with Crippen LogP contribution < -0.4 is 9.44 Å². The molecule has 0 aromatic heterocycles. The molecule has 0 aromatic carbocycles. The molecule has 0 atom stereocenters. The number of thiocarbonyl (C=S) groups is 2. The van der Waals surface area contributed by atoms with Gasteiger partial charge in [0.1, 0.15) is 0 Å². The summed E-state index contributed by atoms with van der Waals surface area (Å²) < 4.78 is 22.7. The van der Waals surface area contributed by atoms with Crippen LogP contribution in [0.15, 0.2) is 0 Å². The van der Waals surface area contributed by atoms with E-state index in [1.807, 2.05) is 0 Å². The quantitative estimate of drug-likeness (QED) is 0.297. The van der Waals surface area contributed by atoms with Gasteiger partial charge in [-0.25, -0.2) is 8.61 Å². The molecule has 0 spiro atoms. The van der Waals surface area contributed by atoms with E-state index < -0.39 is 0 Å². The fourth-order valence-electron chi connectivity index (χ4n) is 1.66. The van der Waals surface area contributed by atoms with Crippen molar-refractivity contribution in [2.24, 2.45) is 0 Å². The molecule has 0 aromatic rings. The van der Waals surface area contributed by atoms with Crippen molar-refractivity contribution in [1.29, 1.82) is 0 Å². The van der Waals surface area contributed by atoms with Crippen molar-refractivity contribution in [3.05, 3.63) is 0 Å². The highest BCUT2D eigenvalue weighted by Gasteiger charge is 2.14. The standard InChI is InChI=1S/C10H18N4O2S6/c17-9(19-13-1-5-15-6-2-13)11-21-22-12-10(18)20-14-3-7-16-8-4-14/h1-8H2,(H,11,17)(H,12,18). The summed E-state index contributed by atoms with van der Waals surface area (Å²) in [6, 6.07) is 0. The minimum atomic E-state index is 0.743. The minimum Gasteiger partial charge on any atom is -0.379 e. The Bertz CT molecular complexity index is 331. The van der Waals surface area contributed by atoms with Crippen LogP contribution in [0, 0.1) is 0 Å². The molecule has 2 saturated heterocycles.